The van der Waals surface area contributed by atoms with Crippen molar-refractivity contribution in [2.45, 2.75) is 31.2 Å². The highest BCUT2D eigenvalue weighted by molar-refractivity contribution is 7.89. The van der Waals surface area contributed by atoms with Gasteiger partial charge in [0, 0.05) is 12.6 Å². The number of halogens is 1. The number of rotatable bonds is 3. The lowest BCUT2D eigenvalue weighted by atomic mass is 10.1. The number of benzene rings is 1. The topological polar surface area (TPSA) is 75.4 Å². The van der Waals surface area contributed by atoms with E-state index in [1.807, 2.05) is 7.05 Å². The van der Waals surface area contributed by atoms with Gasteiger partial charge in [-0.1, -0.05) is 0 Å². The first-order valence-corrected chi connectivity index (χ1v) is 7.96. The first-order valence-electron chi connectivity index (χ1n) is 6.48. The van der Waals surface area contributed by atoms with Gasteiger partial charge in [0.1, 0.15) is 5.82 Å². The number of hydrogen-bond acceptors (Lipinski definition) is 4. The van der Waals surface area contributed by atoms with Crippen molar-refractivity contribution in [2.75, 3.05) is 25.9 Å². The third-order valence-corrected chi connectivity index (χ3v) is 5.49. The van der Waals surface area contributed by atoms with Gasteiger partial charge >= 0.3 is 0 Å². The fourth-order valence-electron chi connectivity index (χ4n) is 2.65. The predicted molar refractivity (Wildman–Crippen MR) is 76.5 cm³/mol. The predicted octanol–water partition coefficient (Wildman–Crippen LogP) is 1.01. The van der Waals surface area contributed by atoms with E-state index in [1.54, 1.807) is 6.92 Å². The summed E-state index contributed by atoms with van der Waals surface area (Å²) in [7, 11) is -1.75. The number of likely N-dealkylation sites (tertiary alicyclic amines) is 1. The molecule has 0 amide bonds. The fourth-order valence-corrected chi connectivity index (χ4v) is 4.40. The van der Waals surface area contributed by atoms with Crippen molar-refractivity contribution in [2.24, 2.45) is 0 Å². The number of nitrogens with zero attached hydrogens (tertiary/aromatic N) is 1. The van der Waals surface area contributed by atoms with Crippen LogP contribution in [-0.4, -0.2) is 39.5 Å². The number of nitrogen functional groups attached to an aromatic ring is 1. The molecule has 20 heavy (non-hydrogen) atoms. The van der Waals surface area contributed by atoms with E-state index in [1.165, 1.54) is 6.92 Å². The van der Waals surface area contributed by atoms with Crippen molar-refractivity contribution in [1.82, 2.24) is 9.62 Å². The van der Waals surface area contributed by atoms with E-state index < -0.39 is 15.8 Å². The molecule has 7 heteroatoms. The number of nitrogens with two attached hydrogens (primary N) is 1. The summed E-state index contributed by atoms with van der Waals surface area (Å²) in [5.41, 5.74) is 6.13. The average Bonchev–Trinajstić information content (AvgIpc) is 2.70. The van der Waals surface area contributed by atoms with Crippen LogP contribution in [0.15, 0.2) is 11.0 Å². The number of sulfonamides is 1. The molecule has 2 rings (SSSR count). The van der Waals surface area contributed by atoms with Crippen LogP contribution >= 0.6 is 0 Å². The Labute approximate surface area is 119 Å². The van der Waals surface area contributed by atoms with Crippen molar-refractivity contribution < 1.29 is 12.8 Å². The standard InChI is InChI=1S/C13H20FN3O2S/c1-8-6-11(14)12(15)9(2)13(8)20(18,19)16-10-4-5-17(3)7-10/h6,10,16H,4-5,7,15H2,1-3H3. The van der Waals surface area contributed by atoms with Crippen LogP contribution in [0, 0.1) is 19.7 Å². The molecule has 1 aliphatic rings. The second-order valence-corrected chi connectivity index (χ2v) is 7.06. The molecule has 0 saturated carbocycles. The van der Waals surface area contributed by atoms with Gasteiger partial charge in [-0.25, -0.2) is 17.5 Å². The van der Waals surface area contributed by atoms with Gasteiger partial charge in [-0.15, -0.1) is 0 Å². The van der Waals surface area contributed by atoms with Crippen LogP contribution in [-0.2, 0) is 10.0 Å². The molecule has 3 N–H and O–H groups in total. The van der Waals surface area contributed by atoms with E-state index in [9.17, 15) is 12.8 Å². The van der Waals surface area contributed by atoms with Crippen molar-refractivity contribution in [3.8, 4) is 0 Å². The molecule has 112 valence electrons. The van der Waals surface area contributed by atoms with Gasteiger partial charge in [0.05, 0.1) is 10.6 Å². The molecule has 1 aromatic carbocycles. The van der Waals surface area contributed by atoms with Crippen LogP contribution in [0.4, 0.5) is 10.1 Å². The second-order valence-electron chi connectivity index (χ2n) is 5.41. The number of nitrogens with one attached hydrogen (secondary N) is 1. The van der Waals surface area contributed by atoms with Crippen molar-refractivity contribution in [1.29, 1.82) is 0 Å². The van der Waals surface area contributed by atoms with Gasteiger partial charge < -0.3 is 10.6 Å². The first kappa shape index (κ1) is 15.2. The van der Waals surface area contributed by atoms with E-state index in [2.05, 4.69) is 9.62 Å². The third-order valence-electron chi connectivity index (χ3n) is 3.69. The largest absolute Gasteiger partial charge is 0.396 e. The number of aryl methyl sites for hydroxylation is 1. The lowest BCUT2D eigenvalue weighted by Crippen LogP contribution is -2.37. The van der Waals surface area contributed by atoms with Gasteiger partial charge in [-0.3, -0.25) is 0 Å². The van der Waals surface area contributed by atoms with E-state index in [-0.39, 0.29) is 22.2 Å². The molecule has 5 nitrogen and oxygen atoms in total. The first-order chi connectivity index (χ1) is 9.22. The highest BCUT2D eigenvalue weighted by Crippen LogP contribution is 2.28. The summed E-state index contributed by atoms with van der Waals surface area (Å²) < 4.78 is 41.2. The second kappa shape index (κ2) is 5.31. The third kappa shape index (κ3) is 2.79. The van der Waals surface area contributed by atoms with Gasteiger partial charge in [0.15, 0.2) is 0 Å². The van der Waals surface area contributed by atoms with Crippen molar-refractivity contribution >= 4 is 15.7 Å². The van der Waals surface area contributed by atoms with Crippen LogP contribution in [0.5, 0.6) is 0 Å². The molecular formula is C13H20FN3O2S. The summed E-state index contributed by atoms with van der Waals surface area (Å²) in [6.45, 7) is 4.64. The molecular weight excluding hydrogens is 281 g/mol. The Morgan fingerprint density at radius 3 is 2.65 bits per heavy atom. The summed E-state index contributed by atoms with van der Waals surface area (Å²) >= 11 is 0. The summed E-state index contributed by atoms with van der Waals surface area (Å²) in [5.74, 6) is -0.584. The fraction of sp³-hybridized carbons (Fsp3) is 0.538. The van der Waals surface area contributed by atoms with Gasteiger partial charge in [0.2, 0.25) is 10.0 Å². The number of anilines is 1. The Kier molecular flexibility index (Phi) is 4.04. The quantitative estimate of drug-likeness (QED) is 0.817. The molecule has 1 aromatic rings. The van der Waals surface area contributed by atoms with Crippen LogP contribution in [0.25, 0.3) is 0 Å². The molecule has 1 fully saturated rings. The van der Waals surface area contributed by atoms with Crippen LogP contribution < -0.4 is 10.5 Å². The zero-order valence-corrected chi connectivity index (χ0v) is 12.7. The van der Waals surface area contributed by atoms with Crippen molar-refractivity contribution in [3.05, 3.63) is 23.0 Å². The maximum atomic E-state index is 13.5. The molecule has 0 bridgehead atoms. The maximum Gasteiger partial charge on any atom is 0.241 e. The zero-order valence-electron chi connectivity index (χ0n) is 11.9. The van der Waals surface area contributed by atoms with Crippen LogP contribution in [0.3, 0.4) is 0 Å². The number of likely N-dealkylation sites (N-methyl/N-ethyl adjacent to an activating group) is 1. The van der Waals surface area contributed by atoms with E-state index in [0.717, 1.165) is 19.0 Å². The van der Waals surface area contributed by atoms with Crippen molar-refractivity contribution in [3.63, 3.8) is 0 Å². The molecule has 0 aliphatic carbocycles. The monoisotopic (exact) mass is 301 g/mol. The molecule has 1 atom stereocenters. The summed E-state index contributed by atoms with van der Waals surface area (Å²) in [4.78, 5) is 2.15. The maximum absolute atomic E-state index is 13.5. The molecule has 1 aliphatic heterocycles. The Morgan fingerprint density at radius 1 is 1.45 bits per heavy atom. The Balaban J connectivity index is 2.37. The normalized spacial score (nSPS) is 20.5. The smallest absolute Gasteiger partial charge is 0.241 e. The molecule has 1 saturated heterocycles. The average molecular weight is 301 g/mol. The summed E-state index contributed by atoms with van der Waals surface area (Å²) in [6, 6.07) is 1.05. The lowest BCUT2D eigenvalue weighted by Gasteiger charge is -2.17. The van der Waals surface area contributed by atoms with E-state index >= 15 is 0 Å². The van der Waals surface area contributed by atoms with Crippen LogP contribution in [0.2, 0.25) is 0 Å². The lowest BCUT2D eigenvalue weighted by molar-refractivity contribution is 0.407. The molecule has 0 aromatic heterocycles. The molecule has 1 heterocycles. The SMILES string of the molecule is Cc1cc(F)c(N)c(C)c1S(=O)(=O)NC1CCN(C)C1. The minimum atomic E-state index is -3.69. The molecule has 0 radical (unpaired) electrons. The number of hydrogen-bond donors (Lipinski definition) is 2. The van der Waals surface area contributed by atoms with Gasteiger partial charge in [-0.05, 0) is 51.1 Å². The van der Waals surface area contributed by atoms with Crippen LogP contribution in [0.1, 0.15) is 17.5 Å². The minimum Gasteiger partial charge on any atom is -0.396 e. The summed E-state index contributed by atoms with van der Waals surface area (Å²) in [6.07, 6.45) is 0.768. The zero-order chi connectivity index (χ0) is 15.1. The minimum absolute atomic E-state index is 0.0888. The van der Waals surface area contributed by atoms with E-state index in [0.29, 0.717) is 12.1 Å². The summed E-state index contributed by atoms with van der Waals surface area (Å²) in [5, 5.41) is 0. The molecule has 1 unspecified atom stereocenters. The molecule has 0 spiro atoms. The Hall–Kier alpha value is -1.18. The Morgan fingerprint density at radius 2 is 2.10 bits per heavy atom. The highest BCUT2D eigenvalue weighted by Gasteiger charge is 2.28. The van der Waals surface area contributed by atoms with Gasteiger partial charge in [0.25, 0.3) is 0 Å². The van der Waals surface area contributed by atoms with E-state index in [4.69, 9.17) is 5.73 Å². The Bertz CT molecular complexity index is 631. The highest BCUT2D eigenvalue weighted by atomic mass is 32.2. The van der Waals surface area contributed by atoms with Gasteiger partial charge in [-0.2, -0.15) is 0 Å².